The minimum absolute atomic E-state index is 0.0620. The first-order chi connectivity index (χ1) is 7.16. The lowest BCUT2D eigenvalue weighted by atomic mass is 10.1. The van der Waals surface area contributed by atoms with Gasteiger partial charge in [-0.3, -0.25) is 4.79 Å². The van der Waals surface area contributed by atoms with Crippen LogP contribution in [0.3, 0.4) is 0 Å². The summed E-state index contributed by atoms with van der Waals surface area (Å²) in [5.74, 6) is -0.0620. The molecule has 5 heteroatoms. The van der Waals surface area contributed by atoms with Crippen LogP contribution in [0.25, 0.3) is 0 Å². The molecule has 1 amide bonds. The number of halogens is 1. The van der Waals surface area contributed by atoms with Crippen molar-refractivity contribution in [1.82, 2.24) is 15.2 Å². The first-order valence-corrected chi connectivity index (χ1v) is 5.56. The number of pyridine rings is 1. The molecule has 0 spiro atoms. The molecule has 1 fully saturated rings. The van der Waals surface area contributed by atoms with Crippen molar-refractivity contribution < 1.29 is 4.79 Å². The van der Waals surface area contributed by atoms with Crippen molar-refractivity contribution in [3.8, 4) is 0 Å². The lowest BCUT2D eigenvalue weighted by Crippen LogP contribution is -2.57. The monoisotopic (exact) mass is 269 g/mol. The van der Waals surface area contributed by atoms with E-state index < -0.39 is 0 Å². The van der Waals surface area contributed by atoms with E-state index in [-0.39, 0.29) is 11.9 Å². The summed E-state index contributed by atoms with van der Waals surface area (Å²) in [6.07, 6.45) is 1.65. The largest absolute Gasteiger partial charge is 0.347 e. The van der Waals surface area contributed by atoms with Gasteiger partial charge in [-0.25, -0.2) is 4.98 Å². The summed E-state index contributed by atoms with van der Waals surface area (Å²) in [6, 6.07) is 3.79. The number of nitrogens with zero attached hydrogens (tertiary/aromatic N) is 2. The molecule has 1 aromatic heterocycles. The second-order valence-corrected chi connectivity index (χ2v) is 4.48. The maximum absolute atomic E-state index is 11.8. The van der Waals surface area contributed by atoms with Crippen LogP contribution in [-0.4, -0.2) is 42.0 Å². The standard InChI is InChI=1S/C10H12BrN3O/c1-14-5-7(6-14)13-10(15)8-3-2-4-12-9(8)11/h2-4,7H,5-6H2,1H3,(H,13,15). The van der Waals surface area contributed by atoms with Gasteiger partial charge in [0.25, 0.3) is 5.91 Å². The molecule has 0 radical (unpaired) electrons. The van der Waals surface area contributed by atoms with Crippen molar-refractivity contribution in [3.05, 3.63) is 28.5 Å². The van der Waals surface area contributed by atoms with Crippen LogP contribution in [0.4, 0.5) is 0 Å². The molecule has 0 atom stereocenters. The molecule has 4 nitrogen and oxygen atoms in total. The Labute approximate surface area is 96.8 Å². The van der Waals surface area contributed by atoms with Crippen molar-refractivity contribution in [3.63, 3.8) is 0 Å². The summed E-state index contributed by atoms with van der Waals surface area (Å²) in [4.78, 5) is 17.9. The fourth-order valence-corrected chi connectivity index (χ4v) is 2.04. The third-order valence-corrected chi connectivity index (χ3v) is 3.03. The number of nitrogens with one attached hydrogen (secondary N) is 1. The number of hydrogen-bond acceptors (Lipinski definition) is 3. The summed E-state index contributed by atoms with van der Waals surface area (Å²) < 4.78 is 0.593. The van der Waals surface area contributed by atoms with E-state index in [2.05, 4.69) is 31.1 Å². The highest BCUT2D eigenvalue weighted by molar-refractivity contribution is 9.10. The van der Waals surface area contributed by atoms with Gasteiger partial charge in [0.1, 0.15) is 4.60 Å². The Morgan fingerprint density at radius 3 is 3.00 bits per heavy atom. The lowest BCUT2D eigenvalue weighted by molar-refractivity contribution is 0.0856. The van der Waals surface area contributed by atoms with Crippen LogP contribution in [0.15, 0.2) is 22.9 Å². The van der Waals surface area contributed by atoms with Crippen LogP contribution in [0, 0.1) is 0 Å². The molecule has 1 saturated heterocycles. The first kappa shape index (κ1) is 10.6. The summed E-state index contributed by atoms with van der Waals surface area (Å²) in [6.45, 7) is 1.84. The van der Waals surface area contributed by atoms with E-state index in [0.29, 0.717) is 10.2 Å². The van der Waals surface area contributed by atoms with E-state index in [1.807, 2.05) is 7.05 Å². The van der Waals surface area contributed by atoms with E-state index >= 15 is 0 Å². The zero-order valence-electron chi connectivity index (χ0n) is 8.40. The van der Waals surface area contributed by atoms with Gasteiger partial charge in [0.15, 0.2) is 0 Å². The van der Waals surface area contributed by atoms with E-state index in [0.717, 1.165) is 13.1 Å². The average molecular weight is 270 g/mol. The van der Waals surface area contributed by atoms with Gasteiger partial charge in [0, 0.05) is 19.3 Å². The van der Waals surface area contributed by atoms with E-state index in [9.17, 15) is 4.79 Å². The van der Waals surface area contributed by atoms with Crippen LogP contribution in [0.2, 0.25) is 0 Å². The number of carbonyl (C=O) groups is 1. The molecule has 80 valence electrons. The van der Waals surface area contributed by atoms with Gasteiger partial charge in [0.05, 0.1) is 11.6 Å². The zero-order chi connectivity index (χ0) is 10.8. The van der Waals surface area contributed by atoms with Crippen LogP contribution in [-0.2, 0) is 0 Å². The molecule has 2 rings (SSSR count). The average Bonchev–Trinajstić information content (AvgIpc) is 2.16. The maximum atomic E-state index is 11.8. The van der Waals surface area contributed by atoms with Gasteiger partial charge in [-0.05, 0) is 35.1 Å². The number of likely N-dealkylation sites (tertiary alicyclic amines) is 1. The molecule has 1 aliphatic rings. The molecule has 0 unspecified atom stereocenters. The minimum Gasteiger partial charge on any atom is -0.347 e. The Kier molecular flexibility index (Phi) is 3.02. The smallest absolute Gasteiger partial charge is 0.254 e. The molecule has 0 bridgehead atoms. The quantitative estimate of drug-likeness (QED) is 0.812. The Bertz CT molecular complexity index is 377. The van der Waals surface area contributed by atoms with Gasteiger partial charge in [-0.15, -0.1) is 0 Å². The summed E-state index contributed by atoms with van der Waals surface area (Å²) >= 11 is 3.26. The van der Waals surface area contributed by atoms with E-state index in [4.69, 9.17) is 0 Å². The summed E-state index contributed by atoms with van der Waals surface area (Å²) in [5, 5.41) is 2.95. The molecule has 1 aliphatic heterocycles. The predicted molar refractivity (Wildman–Crippen MR) is 60.7 cm³/mol. The van der Waals surface area contributed by atoms with Gasteiger partial charge >= 0.3 is 0 Å². The second-order valence-electron chi connectivity index (χ2n) is 3.73. The number of amides is 1. The third kappa shape index (κ3) is 2.35. The van der Waals surface area contributed by atoms with Crippen LogP contribution < -0.4 is 5.32 Å². The molecule has 0 saturated carbocycles. The number of rotatable bonds is 2. The highest BCUT2D eigenvalue weighted by Crippen LogP contribution is 2.13. The molecule has 1 aromatic rings. The third-order valence-electron chi connectivity index (χ3n) is 2.40. The fraction of sp³-hybridized carbons (Fsp3) is 0.400. The van der Waals surface area contributed by atoms with E-state index in [1.54, 1.807) is 18.3 Å². The summed E-state index contributed by atoms with van der Waals surface area (Å²) in [7, 11) is 2.03. The fourth-order valence-electron chi connectivity index (χ4n) is 1.61. The molecule has 2 heterocycles. The topological polar surface area (TPSA) is 45.2 Å². The number of carbonyl (C=O) groups excluding carboxylic acids is 1. The maximum Gasteiger partial charge on any atom is 0.254 e. The molecular formula is C10H12BrN3O. The SMILES string of the molecule is CN1CC(NC(=O)c2cccnc2Br)C1. The first-order valence-electron chi connectivity index (χ1n) is 4.77. The van der Waals surface area contributed by atoms with Gasteiger partial charge in [0.2, 0.25) is 0 Å². The predicted octanol–water partition coefficient (Wildman–Crippen LogP) is 0.888. The highest BCUT2D eigenvalue weighted by Gasteiger charge is 2.25. The van der Waals surface area contributed by atoms with E-state index in [1.165, 1.54) is 0 Å². The Hall–Kier alpha value is -0.940. The molecule has 15 heavy (non-hydrogen) atoms. The molecular weight excluding hydrogens is 258 g/mol. The van der Waals surface area contributed by atoms with Gasteiger partial charge in [-0.2, -0.15) is 0 Å². The Morgan fingerprint density at radius 2 is 2.40 bits per heavy atom. The summed E-state index contributed by atoms with van der Waals surface area (Å²) in [5.41, 5.74) is 0.590. The Balaban J connectivity index is 1.99. The zero-order valence-corrected chi connectivity index (χ0v) is 9.99. The van der Waals surface area contributed by atoms with Crippen LogP contribution in [0.1, 0.15) is 10.4 Å². The molecule has 1 N–H and O–H groups in total. The van der Waals surface area contributed by atoms with Crippen molar-refractivity contribution in [2.24, 2.45) is 0 Å². The van der Waals surface area contributed by atoms with Crippen molar-refractivity contribution in [2.45, 2.75) is 6.04 Å². The molecule has 0 aromatic carbocycles. The van der Waals surface area contributed by atoms with Gasteiger partial charge in [-0.1, -0.05) is 0 Å². The van der Waals surface area contributed by atoms with Crippen LogP contribution in [0.5, 0.6) is 0 Å². The normalized spacial score (nSPS) is 17.2. The number of hydrogen-bond donors (Lipinski definition) is 1. The van der Waals surface area contributed by atoms with Crippen molar-refractivity contribution in [1.29, 1.82) is 0 Å². The highest BCUT2D eigenvalue weighted by atomic mass is 79.9. The van der Waals surface area contributed by atoms with Gasteiger partial charge < -0.3 is 10.2 Å². The van der Waals surface area contributed by atoms with Crippen LogP contribution >= 0.6 is 15.9 Å². The minimum atomic E-state index is -0.0620. The van der Waals surface area contributed by atoms with Crippen molar-refractivity contribution >= 4 is 21.8 Å². The number of aromatic nitrogens is 1. The molecule has 0 aliphatic carbocycles. The number of likely N-dealkylation sites (N-methyl/N-ethyl adjacent to an activating group) is 1. The second kappa shape index (κ2) is 4.28. The Morgan fingerprint density at radius 1 is 1.67 bits per heavy atom. The van der Waals surface area contributed by atoms with Crippen molar-refractivity contribution in [2.75, 3.05) is 20.1 Å². The lowest BCUT2D eigenvalue weighted by Gasteiger charge is -2.36.